The fourth-order valence-electron chi connectivity index (χ4n) is 2.90. The van der Waals surface area contributed by atoms with Crippen molar-refractivity contribution >= 4 is 0 Å². The van der Waals surface area contributed by atoms with Crippen molar-refractivity contribution in [3.63, 3.8) is 0 Å². The predicted octanol–water partition coefficient (Wildman–Crippen LogP) is 2.72. The molecule has 128 valence electrons. The van der Waals surface area contributed by atoms with Crippen LogP contribution in [0, 0.1) is 6.92 Å². The average molecular weight is 327 g/mol. The van der Waals surface area contributed by atoms with Gasteiger partial charge in [0.2, 0.25) is 0 Å². The molecule has 0 spiro atoms. The second-order valence-corrected chi connectivity index (χ2v) is 6.33. The van der Waals surface area contributed by atoms with Gasteiger partial charge in [-0.15, -0.1) is 0 Å². The van der Waals surface area contributed by atoms with Crippen LogP contribution in [0.1, 0.15) is 17.5 Å². The van der Waals surface area contributed by atoms with Gasteiger partial charge >= 0.3 is 0 Å². The van der Waals surface area contributed by atoms with E-state index in [0.717, 1.165) is 30.9 Å². The summed E-state index contributed by atoms with van der Waals surface area (Å²) in [5, 5.41) is 13.3. The van der Waals surface area contributed by atoms with Crippen molar-refractivity contribution < 1.29 is 14.6 Å². The molecule has 2 unspecified atom stereocenters. The first-order valence-corrected chi connectivity index (χ1v) is 8.53. The van der Waals surface area contributed by atoms with Crippen LogP contribution in [0.15, 0.2) is 48.5 Å². The Morgan fingerprint density at radius 1 is 1.25 bits per heavy atom. The predicted molar refractivity (Wildman–Crippen MR) is 94.7 cm³/mol. The molecule has 24 heavy (non-hydrogen) atoms. The van der Waals surface area contributed by atoms with Crippen LogP contribution in [0.4, 0.5) is 0 Å². The lowest BCUT2D eigenvalue weighted by Gasteiger charge is -2.27. The molecule has 0 saturated heterocycles. The van der Waals surface area contributed by atoms with Crippen LogP contribution in [0.5, 0.6) is 11.5 Å². The minimum atomic E-state index is -0.538. The number of nitrogens with one attached hydrogen (secondary N) is 1. The van der Waals surface area contributed by atoms with E-state index in [2.05, 4.69) is 30.4 Å². The van der Waals surface area contributed by atoms with E-state index in [0.29, 0.717) is 6.54 Å². The number of hydrogen-bond donors (Lipinski definition) is 2. The average Bonchev–Trinajstić information content (AvgIpc) is 2.61. The molecule has 4 nitrogen and oxygen atoms in total. The van der Waals surface area contributed by atoms with Crippen molar-refractivity contribution in [2.75, 3.05) is 19.7 Å². The molecule has 2 aromatic rings. The summed E-state index contributed by atoms with van der Waals surface area (Å²) in [6.45, 7) is 3.61. The monoisotopic (exact) mass is 327 g/mol. The lowest BCUT2D eigenvalue weighted by atomic mass is 10.0. The number of benzene rings is 2. The van der Waals surface area contributed by atoms with Crippen LogP contribution >= 0.6 is 0 Å². The lowest BCUT2D eigenvalue weighted by molar-refractivity contribution is 0.0998. The molecule has 2 N–H and O–H groups in total. The van der Waals surface area contributed by atoms with Crippen LogP contribution in [0.3, 0.4) is 0 Å². The molecular weight excluding hydrogens is 302 g/mol. The zero-order valence-corrected chi connectivity index (χ0v) is 14.1. The topological polar surface area (TPSA) is 50.7 Å². The van der Waals surface area contributed by atoms with Gasteiger partial charge in [-0.25, -0.2) is 0 Å². The number of aliphatic hydroxyl groups excluding tert-OH is 1. The summed E-state index contributed by atoms with van der Waals surface area (Å²) >= 11 is 0. The minimum absolute atomic E-state index is 0.155. The smallest absolute Gasteiger partial charge is 0.122 e. The van der Waals surface area contributed by atoms with Crippen LogP contribution in [0.2, 0.25) is 0 Å². The summed E-state index contributed by atoms with van der Waals surface area (Å²) in [6, 6.07) is 15.9. The Bertz CT molecular complexity index is 645. The van der Waals surface area contributed by atoms with Gasteiger partial charge in [-0.2, -0.15) is 0 Å². The summed E-state index contributed by atoms with van der Waals surface area (Å²) in [7, 11) is 0. The fraction of sp³-hybridized carbons (Fsp3) is 0.400. The van der Waals surface area contributed by atoms with Crippen molar-refractivity contribution in [1.82, 2.24) is 5.32 Å². The van der Waals surface area contributed by atoms with E-state index in [-0.39, 0.29) is 12.7 Å². The molecule has 0 bridgehead atoms. The maximum Gasteiger partial charge on any atom is 0.122 e. The van der Waals surface area contributed by atoms with E-state index >= 15 is 0 Å². The van der Waals surface area contributed by atoms with Gasteiger partial charge < -0.3 is 19.9 Å². The SMILES string of the molecule is Cc1ccc2c(c1)CCC(CNCC(O)COc1ccccc1)O2. The Morgan fingerprint density at radius 3 is 2.92 bits per heavy atom. The zero-order valence-electron chi connectivity index (χ0n) is 14.1. The number of aliphatic hydroxyl groups is 1. The summed E-state index contributed by atoms with van der Waals surface area (Å²) in [5.41, 5.74) is 2.57. The molecule has 0 aliphatic carbocycles. The Balaban J connectivity index is 1.37. The molecule has 0 radical (unpaired) electrons. The standard InChI is InChI=1S/C20H25NO3/c1-15-7-10-20-16(11-15)8-9-19(24-20)13-21-12-17(22)14-23-18-5-3-2-4-6-18/h2-7,10-11,17,19,21-22H,8-9,12-14H2,1H3. The molecule has 1 heterocycles. The van der Waals surface area contributed by atoms with Gasteiger partial charge in [-0.1, -0.05) is 35.9 Å². The maximum atomic E-state index is 10.00. The Hall–Kier alpha value is -2.04. The minimum Gasteiger partial charge on any atom is -0.491 e. The second-order valence-electron chi connectivity index (χ2n) is 6.33. The third kappa shape index (κ3) is 4.73. The summed E-state index contributed by atoms with van der Waals surface area (Å²) in [5.74, 6) is 1.77. The lowest BCUT2D eigenvalue weighted by Crippen LogP contribution is -2.39. The first-order chi connectivity index (χ1) is 11.7. The highest BCUT2D eigenvalue weighted by atomic mass is 16.5. The van der Waals surface area contributed by atoms with E-state index in [1.807, 2.05) is 30.3 Å². The number of rotatable bonds is 7. The van der Waals surface area contributed by atoms with E-state index in [1.165, 1.54) is 11.1 Å². The molecule has 1 aliphatic rings. The first-order valence-electron chi connectivity index (χ1n) is 8.53. The molecule has 0 saturated carbocycles. The normalized spacial score (nSPS) is 17.7. The quantitative estimate of drug-likeness (QED) is 0.821. The van der Waals surface area contributed by atoms with Crippen LogP contribution < -0.4 is 14.8 Å². The van der Waals surface area contributed by atoms with Crippen molar-refractivity contribution in [2.45, 2.75) is 32.0 Å². The molecule has 0 amide bonds. The number of para-hydroxylation sites is 1. The molecule has 3 rings (SSSR count). The highest BCUT2D eigenvalue weighted by Gasteiger charge is 2.19. The van der Waals surface area contributed by atoms with Crippen molar-refractivity contribution in [3.05, 3.63) is 59.7 Å². The number of fused-ring (bicyclic) bond motifs is 1. The van der Waals surface area contributed by atoms with Crippen molar-refractivity contribution in [3.8, 4) is 11.5 Å². The van der Waals surface area contributed by atoms with Crippen LogP contribution in [-0.2, 0) is 6.42 Å². The third-order valence-corrected chi connectivity index (χ3v) is 4.18. The highest BCUT2D eigenvalue weighted by molar-refractivity contribution is 5.38. The molecular formula is C20H25NO3. The summed E-state index contributed by atoms with van der Waals surface area (Å²) < 4.78 is 11.6. The van der Waals surface area contributed by atoms with Gasteiger partial charge in [0, 0.05) is 13.1 Å². The number of hydrogen-bond acceptors (Lipinski definition) is 4. The maximum absolute atomic E-state index is 10.00. The fourth-order valence-corrected chi connectivity index (χ4v) is 2.90. The van der Waals surface area contributed by atoms with Gasteiger partial charge in [-0.05, 0) is 43.5 Å². The zero-order chi connectivity index (χ0) is 16.8. The largest absolute Gasteiger partial charge is 0.491 e. The van der Waals surface area contributed by atoms with Gasteiger partial charge in [0.05, 0.1) is 0 Å². The van der Waals surface area contributed by atoms with Crippen molar-refractivity contribution in [2.24, 2.45) is 0 Å². The van der Waals surface area contributed by atoms with Crippen molar-refractivity contribution in [1.29, 1.82) is 0 Å². The second kappa shape index (κ2) is 8.18. The van der Waals surface area contributed by atoms with Gasteiger partial charge in [0.25, 0.3) is 0 Å². The van der Waals surface area contributed by atoms with E-state index in [1.54, 1.807) is 0 Å². The molecule has 2 atom stereocenters. The van der Waals surface area contributed by atoms with Crippen LogP contribution in [0.25, 0.3) is 0 Å². The molecule has 0 aromatic heterocycles. The van der Waals surface area contributed by atoms with Gasteiger partial charge in [0.1, 0.15) is 30.3 Å². The van der Waals surface area contributed by atoms with E-state index in [9.17, 15) is 5.11 Å². The van der Waals surface area contributed by atoms with E-state index in [4.69, 9.17) is 9.47 Å². The van der Waals surface area contributed by atoms with Crippen LogP contribution in [-0.4, -0.2) is 37.0 Å². The molecule has 0 fully saturated rings. The van der Waals surface area contributed by atoms with E-state index < -0.39 is 6.10 Å². The summed E-state index contributed by atoms with van der Waals surface area (Å²) in [4.78, 5) is 0. The Morgan fingerprint density at radius 2 is 2.08 bits per heavy atom. The molecule has 2 aromatic carbocycles. The molecule has 1 aliphatic heterocycles. The Labute approximate surface area is 143 Å². The first kappa shape index (κ1) is 16.8. The molecule has 4 heteroatoms. The summed E-state index contributed by atoms with van der Waals surface area (Å²) in [6.07, 6.45) is 1.66. The number of aryl methyl sites for hydroxylation is 2. The van der Waals surface area contributed by atoms with Gasteiger partial charge in [-0.3, -0.25) is 0 Å². The number of ether oxygens (including phenoxy) is 2. The highest BCUT2D eigenvalue weighted by Crippen LogP contribution is 2.28. The third-order valence-electron chi connectivity index (χ3n) is 4.18. The van der Waals surface area contributed by atoms with Gasteiger partial charge in [0.15, 0.2) is 0 Å². The Kier molecular flexibility index (Phi) is 5.72.